The third-order valence-corrected chi connectivity index (χ3v) is 1.17. The summed E-state index contributed by atoms with van der Waals surface area (Å²) in [5, 5.41) is 8.29. The number of esters is 1. The number of hydrogen-bond donors (Lipinski definition) is 2. The van der Waals surface area contributed by atoms with Crippen LogP contribution >= 0.6 is 0 Å². The lowest BCUT2D eigenvalue weighted by molar-refractivity contribution is -0.144. The number of ether oxygens (including phenoxy) is 1. The molecule has 1 amide bonds. The van der Waals surface area contributed by atoms with Gasteiger partial charge in [-0.1, -0.05) is 13.2 Å². The minimum absolute atomic E-state index is 0.150. The molecule has 0 radical (unpaired) electrons. The van der Waals surface area contributed by atoms with Gasteiger partial charge in [-0.05, 0) is 13.0 Å². The zero-order chi connectivity index (χ0) is 13.1. The minimum Gasteiger partial charge on any atom is -0.478 e. The molecule has 6 heteroatoms. The molecule has 0 aliphatic carbocycles. The maximum absolute atomic E-state index is 10.6. The van der Waals surface area contributed by atoms with Crippen molar-refractivity contribution in [3.05, 3.63) is 24.8 Å². The summed E-state index contributed by atoms with van der Waals surface area (Å²) >= 11 is 0. The van der Waals surface area contributed by atoms with Gasteiger partial charge in [-0.3, -0.25) is 9.59 Å². The number of amides is 1. The highest BCUT2D eigenvalue weighted by Crippen LogP contribution is 1.99. The van der Waals surface area contributed by atoms with Crippen LogP contribution in [0.1, 0.15) is 13.3 Å². The highest BCUT2D eigenvalue weighted by Gasteiger charge is 2.09. The van der Waals surface area contributed by atoms with Crippen LogP contribution in [0.2, 0.25) is 0 Å². The molecule has 90 valence electrons. The van der Waals surface area contributed by atoms with Gasteiger partial charge in [-0.2, -0.15) is 0 Å². The van der Waals surface area contributed by atoms with Gasteiger partial charge in [-0.25, -0.2) is 4.79 Å². The van der Waals surface area contributed by atoms with Gasteiger partial charge in [-0.15, -0.1) is 0 Å². The van der Waals surface area contributed by atoms with Crippen LogP contribution in [-0.2, 0) is 19.1 Å². The van der Waals surface area contributed by atoms with Crippen LogP contribution in [0.4, 0.5) is 0 Å². The Kier molecular flexibility index (Phi) is 9.64. The first-order chi connectivity index (χ1) is 7.34. The highest BCUT2D eigenvalue weighted by atomic mass is 16.5. The van der Waals surface area contributed by atoms with Crippen LogP contribution in [0.3, 0.4) is 0 Å². The van der Waals surface area contributed by atoms with E-state index in [1.165, 1.54) is 0 Å². The van der Waals surface area contributed by atoms with Crippen molar-refractivity contribution in [1.82, 2.24) is 0 Å². The summed E-state index contributed by atoms with van der Waals surface area (Å²) in [6.45, 7) is 8.17. The average molecular weight is 229 g/mol. The van der Waals surface area contributed by atoms with Gasteiger partial charge in [0.2, 0.25) is 5.91 Å². The fourth-order valence-corrected chi connectivity index (χ4v) is 0.462. The number of carbonyl (C=O) groups excluding carboxylic acids is 2. The number of carboxylic acids is 1. The smallest absolute Gasteiger partial charge is 0.331 e. The van der Waals surface area contributed by atoms with Crippen molar-refractivity contribution in [2.24, 2.45) is 5.73 Å². The van der Waals surface area contributed by atoms with Gasteiger partial charge < -0.3 is 15.6 Å². The van der Waals surface area contributed by atoms with Gasteiger partial charge in [0.1, 0.15) is 0 Å². The molecule has 0 aliphatic heterocycles. The SMILES string of the molecule is C=C(CC(=O)OCC)C(=O)O.C=CC(N)=O. The molecule has 6 nitrogen and oxygen atoms in total. The molecule has 0 spiro atoms. The molecule has 0 saturated carbocycles. The van der Waals surface area contributed by atoms with E-state index in [0.717, 1.165) is 6.08 Å². The van der Waals surface area contributed by atoms with Crippen LogP contribution in [0.15, 0.2) is 24.8 Å². The summed E-state index contributed by atoms with van der Waals surface area (Å²) in [5.41, 5.74) is 4.39. The third-order valence-electron chi connectivity index (χ3n) is 1.17. The first-order valence-electron chi connectivity index (χ1n) is 4.33. The zero-order valence-corrected chi connectivity index (χ0v) is 9.06. The summed E-state index contributed by atoms with van der Waals surface area (Å²) in [7, 11) is 0. The molecule has 0 bridgehead atoms. The monoisotopic (exact) mass is 229 g/mol. The fourth-order valence-electron chi connectivity index (χ4n) is 0.462. The molecular formula is C10H15NO5. The van der Waals surface area contributed by atoms with Crippen molar-refractivity contribution in [3.63, 3.8) is 0 Å². The lowest BCUT2D eigenvalue weighted by Crippen LogP contribution is -2.09. The van der Waals surface area contributed by atoms with E-state index in [2.05, 4.69) is 23.6 Å². The van der Waals surface area contributed by atoms with Crippen molar-refractivity contribution in [1.29, 1.82) is 0 Å². The third kappa shape index (κ3) is 11.9. The van der Waals surface area contributed by atoms with Crippen molar-refractivity contribution in [3.8, 4) is 0 Å². The Hall–Kier alpha value is -2.11. The normalized spacial score (nSPS) is 8.06. The molecular weight excluding hydrogens is 214 g/mol. The number of carboxylic acid groups (broad SMARTS) is 1. The maximum atomic E-state index is 10.6. The second-order valence-electron chi connectivity index (χ2n) is 2.50. The van der Waals surface area contributed by atoms with Gasteiger partial charge >= 0.3 is 11.9 Å². The van der Waals surface area contributed by atoms with Crippen LogP contribution < -0.4 is 5.73 Å². The molecule has 0 heterocycles. The van der Waals surface area contributed by atoms with Gasteiger partial charge in [0.25, 0.3) is 0 Å². The zero-order valence-electron chi connectivity index (χ0n) is 9.06. The molecule has 0 aromatic rings. The van der Waals surface area contributed by atoms with Crippen molar-refractivity contribution in [2.45, 2.75) is 13.3 Å². The quantitative estimate of drug-likeness (QED) is 0.518. The van der Waals surface area contributed by atoms with Crippen LogP contribution in [0.5, 0.6) is 0 Å². The molecule has 0 aromatic carbocycles. The Balaban J connectivity index is 0. The Labute approximate surface area is 93.4 Å². The number of aliphatic carboxylic acids is 1. The number of primary amides is 1. The van der Waals surface area contributed by atoms with Gasteiger partial charge in [0.15, 0.2) is 0 Å². The van der Waals surface area contributed by atoms with Crippen molar-refractivity contribution < 1.29 is 24.2 Å². The molecule has 0 fully saturated rings. The second kappa shape index (κ2) is 9.45. The largest absolute Gasteiger partial charge is 0.478 e. The van der Waals surface area contributed by atoms with Crippen molar-refractivity contribution in [2.75, 3.05) is 6.61 Å². The molecule has 0 atom stereocenters. The number of rotatable bonds is 5. The van der Waals surface area contributed by atoms with E-state index in [0.29, 0.717) is 0 Å². The lowest BCUT2D eigenvalue weighted by atomic mass is 10.2. The first-order valence-corrected chi connectivity index (χ1v) is 4.33. The summed E-state index contributed by atoms with van der Waals surface area (Å²) in [5.74, 6) is -2.21. The van der Waals surface area contributed by atoms with Crippen LogP contribution in [-0.4, -0.2) is 29.6 Å². The molecule has 0 unspecified atom stereocenters. The summed E-state index contributed by atoms with van der Waals surface area (Å²) in [4.78, 5) is 30.2. The predicted molar refractivity (Wildman–Crippen MR) is 57.4 cm³/mol. The standard InChI is InChI=1S/C7H10O4.C3H5NO/c1-3-11-6(8)4-5(2)7(9)10;1-2-3(4)5/h2-4H2,1H3,(H,9,10);2H,1H2,(H2,4,5). The van der Waals surface area contributed by atoms with Crippen LogP contribution in [0, 0.1) is 0 Å². The number of carbonyl (C=O) groups is 3. The summed E-state index contributed by atoms with van der Waals surface area (Å²) in [6, 6.07) is 0. The minimum atomic E-state index is -1.17. The Morgan fingerprint density at radius 2 is 1.88 bits per heavy atom. The van der Waals surface area contributed by atoms with Gasteiger partial charge in [0.05, 0.1) is 13.0 Å². The number of nitrogens with two attached hydrogens (primary N) is 1. The van der Waals surface area contributed by atoms with E-state index in [4.69, 9.17) is 5.11 Å². The number of hydrogen-bond acceptors (Lipinski definition) is 4. The Bertz CT molecular complexity index is 296. The van der Waals surface area contributed by atoms with Crippen molar-refractivity contribution >= 4 is 17.8 Å². The topological polar surface area (TPSA) is 107 Å². The Morgan fingerprint density at radius 3 is 2.12 bits per heavy atom. The van der Waals surface area contributed by atoms with E-state index in [1.54, 1.807) is 6.92 Å². The molecule has 16 heavy (non-hydrogen) atoms. The highest BCUT2D eigenvalue weighted by molar-refractivity contribution is 5.91. The lowest BCUT2D eigenvalue weighted by Gasteiger charge is -1.99. The molecule has 0 aromatic heterocycles. The fraction of sp³-hybridized carbons (Fsp3) is 0.300. The maximum Gasteiger partial charge on any atom is 0.331 e. The average Bonchev–Trinajstić information content (AvgIpc) is 2.18. The molecule has 3 N–H and O–H groups in total. The molecule has 0 aliphatic rings. The molecule has 0 rings (SSSR count). The second-order valence-corrected chi connectivity index (χ2v) is 2.50. The van der Waals surface area contributed by atoms with E-state index < -0.39 is 17.8 Å². The summed E-state index contributed by atoms with van der Waals surface area (Å²) < 4.78 is 4.50. The van der Waals surface area contributed by atoms with Crippen LogP contribution in [0.25, 0.3) is 0 Å². The van der Waals surface area contributed by atoms with E-state index in [9.17, 15) is 14.4 Å². The van der Waals surface area contributed by atoms with E-state index >= 15 is 0 Å². The first kappa shape index (κ1) is 16.3. The van der Waals surface area contributed by atoms with E-state index in [1.807, 2.05) is 0 Å². The Morgan fingerprint density at radius 1 is 1.44 bits per heavy atom. The van der Waals surface area contributed by atoms with E-state index in [-0.39, 0.29) is 18.6 Å². The summed E-state index contributed by atoms with van der Waals surface area (Å²) in [6.07, 6.45) is 0.809. The molecule has 0 saturated heterocycles. The van der Waals surface area contributed by atoms with Gasteiger partial charge in [0, 0.05) is 5.57 Å². The predicted octanol–water partition coefficient (Wildman–Crippen LogP) is 0.238.